The molecule has 6 heteroatoms. The second-order valence-electron chi connectivity index (χ2n) is 5.33. The van der Waals surface area contributed by atoms with E-state index in [1.54, 1.807) is 25.3 Å². The molecule has 2 aromatic carbocycles. The molecule has 0 saturated carbocycles. The Balaban J connectivity index is 2.22. The van der Waals surface area contributed by atoms with Crippen molar-refractivity contribution in [3.05, 3.63) is 59.4 Å². The Labute approximate surface area is 139 Å². The Morgan fingerprint density at radius 2 is 1.79 bits per heavy atom. The van der Waals surface area contributed by atoms with Crippen molar-refractivity contribution < 1.29 is 18.7 Å². The number of amides is 2. The molecule has 2 rings (SSSR count). The first-order valence-electron chi connectivity index (χ1n) is 7.42. The van der Waals surface area contributed by atoms with Crippen molar-refractivity contribution in [2.75, 3.05) is 17.7 Å². The summed E-state index contributed by atoms with van der Waals surface area (Å²) in [5.41, 5.74) is 1.63. The number of halogens is 1. The van der Waals surface area contributed by atoms with Gasteiger partial charge in [0.15, 0.2) is 0 Å². The molecule has 2 N–H and O–H groups in total. The lowest BCUT2D eigenvalue weighted by Crippen LogP contribution is -2.15. The zero-order valence-electron chi connectivity index (χ0n) is 13.7. The molecule has 0 aromatic heterocycles. The monoisotopic (exact) mass is 330 g/mol. The summed E-state index contributed by atoms with van der Waals surface area (Å²) in [4.78, 5) is 23.4. The number of nitrogens with one attached hydrogen (secondary N) is 2. The van der Waals surface area contributed by atoms with Gasteiger partial charge in [0, 0.05) is 25.4 Å². The summed E-state index contributed by atoms with van der Waals surface area (Å²) in [5.74, 6) is -1.56. The van der Waals surface area contributed by atoms with Crippen LogP contribution in [0.5, 0.6) is 0 Å². The Morgan fingerprint density at radius 3 is 2.46 bits per heavy atom. The number of anilines is 2. The Morgan fingerprint density at radius 1 is 1.08 bits per heavy atom. The molecule has 0 aliphatic carbocycles. The van der Waals surface area contributed by atoms with Crippen LogP contribution >= 0.6 is 0 Å². The van der Waals surface area contributed by atoms with Gasteiger partial charge in [-0.15, -0.1) is 0 Å². The third-order valence-electron chi connectivity index (χ3n) is 3.50. The zero-order valence-corrected chi connectivity index (χ0v) is 13.7. The largest absolute Gasteiger partial charge is 0.377 e. The van der Waals surface area contributed by atoms with Crippen LogP contribution in [0.3, 0.4) is 0 Å². The van der Waals surface area contributed by atoms with Crippen LogP contribution in [0.2, 0.25) is 0 Å². The van der Waals surface area contributed by atoms with E-state index < -0.39 is 11.7 Å². The van der Waals surface area contributed by atoms with Crippen LogP contribution in [0, 0.1) is 5.82 Å². The van der Waals surface area contributed by atoms with Crippen molar-refractivity contribution in [2.24, 2.45) is 0 Å². The minimum atomic E-state index is -0.664. The molecule has 1 atom stereocenters. The number of methoxy groups -OCH3 is 1. The number of rotatable bonds is 5. The predicted molar refractivity (Wildman–Crippen MR) is 90.5 cm³/mol. The minimum Gasteiger partial charge on any atom is -0.377 e. The average Bonchev–Trinajstić information content (AvgIpc) is 2.55. The number of carbonyl (C=O) groups is 2. The van der Waals surface area contributed by atoms with Gasteiger partial charge in [-0.3, -0.25) is 9.59 Å². The highest BCUT2D eigenvalue weighted by Crippen LogP contribution is 2.21. The molecule has 126 valence electrons. The van der Waals surface area contributed by atoms with Gasteiger partial charge in [0.05, 0.1) is 11.7 Å². The van der Waals surface area contributed by atoms with E-state index in [0.29, 0.717) is 11.4 Å². The molecule has 2 aromatic rings. The molecule has 0 heterocycles. The van der Waals surface area contributed by atoms with Crippen LogP contribution in [0.4, 0.5) is 15.8 Å². The second-order valence-corrected chi connectivity index (χ2v) is 5.33. The second kappa shape index (κ2) is 7.70. The van der Waals surface area contributed by atoms with Gasteiger partial charge in [0.1, 0.15) is 5.82 Å². The van der Waals surface area contributed by atoms with Gasteiger partial charge < -0.3 is 15.4 Å². The first kappa shape index (κ1) is 17.6. The van der Waals surface area contributed by atoms with Crippen molar-refractivity contribution in [1.29, 1.82) is 0 Å². The summed E-state index contributed by atoms with van der Waals surface area (Å²) in [6.07, 6.45) is -0.123. The maximum absolute atomic E-state index is 13.9. The van der Waals surface area contributed by atoms with E-state index in [0.717, 1.165) is 11.6 Å². The van der Waals surface area contributed by atoms with Gasteiger partial charge >= 0.3 is 0 Å². The zero-order chi connectivity index (χ0) is 17.7. The van der Waals surface area contributed by atoms with E-state index in [4.69, 9.17) is 4.74 Å². The maximum Gasteiger partial charge on any atom is 0.258 e. The summed E-state index contributed by atoms with van der Waals surface area (Å²) in [6, 6.07) is 11.0. The van der Waals surface area contributed by atoms with Crippen LogP contribution in [0.1, 0.15) is 35.9 Å². The van der Waals surface area contributed by atoms with Crippen LogP contribution in [-0.2, 0) is 9.53 Å². The van der Waals surface area contributed by atoms with Gasteiger partial charge in [-0.1, -0.05) is 12.1 Å². The Bertz CT molecular complexity index is 762. The molecule has 24 heavy (non-hydrogen) atoms. The summed E-state index contributed by atoms with van der Waals surface area (Å²) in [5, 5.41) is 5.17. The number of benzene rings is 2. The van der Waals surface area contributed by atoms with Crippen molar-refractivity contribution in [3.8, 4) is 0 Å². The standard InChI is InChI=1S/C18H19FN2O3/c1-11(24-3)13-5-4-6-14(9-13)21-18(23)16-10-15(20-12(2)22)7-8-17(16)19/h4-11H,1-3H3,(H,20,22)(H,21,23). The number of ether oxygens (including phenoxy) is 1. The quantitative estimate of drug-likeness (QED) is 0.877. The van der Waals surface area contributed by atoms with Crippen LogP contribution in [0.15, 0.2) is 42.5 Å². The van der Waals surface area contributed by atoms with Crippen LogP contribution < -0.4 is 10.6 Å². The van der Waals surface area contributed by atoms with Crippen LogP contribution in [-0.4, -0.2) is 18.9 Å². The molecule has 0 radical (unpaired) electrons. The molecule has 0 spiro atoms. The number of hydrogen-bond acceptors (Lipinski definition) is 3. The normalized spacial score (nSPS) is 11.7. The minimum absolute atomic E-state index is 0.123. The van der Waals surface area contributed by atoms with Crippen molar-refractivity contribution >= 4 is 23.2 Å². The summed E-state index contributed by atoms with van der Waals surface area (Å²) >= 11 is 0. The number of carbonyl (C=O) groups excluding carboxylic acids is 2. The molecule has 5 nitrogen and oxygen atoms in total. The van der Waals surface area contributed by atoms with E-state index in [-0.39, 0.29) is 17.6 Å². The van der Waals surface area contributed by atoms with Gasteiger partial charge in [-0.25, -0.2) is 4.39 Å². The third kappa shape index (κ3) is 4.39. The summed E-state index contributed by atoms with van der Waals surface area (Å²) in [7, 11) is 1.60. The summed E-state index contributed by atoms with van der Waals surface area (Å²) < 4.78 is 19.2. The van der Waals surface area contributed by atoms with Crippen molar-refractivity contribution in [2.45, 2.75) is 20.0 Å². The molecular weight excluding hydrogens is 311 g/mol. The lowest BCUT2D eigenvalue weighted by atomic mass is 10.1. The Kier molecular flexibility index (Phi) is 5.65. The SMILES string of the molecule is COC(C)c1cccc(NC(=O)c2cc(NC(C)=O)ccc2F)c1. The molecule has 0 saturated heterocycles. The fourth-order valence-corrected chi connectivity index (χ4v) is 2.18. The molecule has 0 aliphatic heterocycles. The van der Waals surface area contributed by atoms with Gasteiger partial charge in [-0.05, 0) is 42.8 Å². The van der Waals surface area contributed by atoms with E-state index in [1.165, 1.54) is 19.1 Å². The average molecular weight is 330 g/mol. The summed E-state index contributed by atoms with van der Waals surface area (Å²) in [6.45, 7) is 3.23. The van der Waals surface area contributed by atoms with E-state index >= 15 is 0 Å². The van der Waals surface area contributed by atoms with E-state index in [9.17, 15) is 14.0 Å². The van der Waals surface area contributed by atoms with E-state index in [2.05, 4.69) is 10.6 Å². The molecule has 2 amide bonds. The highest BCUT2D eigenvalue weighted by Gasteiger charge is 2.14. The van der Waals surface area contributed by atoms with E-state index in [1.807, 2.05) is 13.0 Å². The fourth-order valence-electron chi connectivity index (χ4n) is 2.18. The lowest BCUT2D eigenvalue weighted by Gasteiger charge is -2.12. The molecule has 0 bridgehead atoms. The first-order chi connectivity index (χ1) is 11.4. The Hall–Kier alpha value is -2.73. The molecule has 1 unspecified atom stereocenters. The van der Waals surface area contributed by atoms with Crippen molar-refractivity contribution in [1.82, 2.24) is 0 Å². The maximum atomic E-state index is 13.9. The predicted octanol–water partition coefficient (Wildman–Crippen LogP) is 3.74. The number of hydrogen-bond donors (Lipinski definition) is 2. The highest BCUT2D eigenvalue weighted by atomic mass is 19.1. The van der Waals surface area contributed by atoms with Gasteiger partial charge in [-0.2, -0.15) is 0 Å². The molecular formula is C18H19FN2O3. The third-order valence-corrected chi connectivity index (χ3v) is 3.50. The fraction of sp³-hybridized carbons (Fsp3) is 0.222. The van der Waals surface area contributed by atoms with Gasteiger partial charge in [0.2, 0.25) is 5.91 Å². The molecule has 0 fully saturated rings. The van der Waals surface area contributed by atoms with Gasteiger partial charge in [0.25, 0.3) is 5.91 Å². The smallest absolute Gasteiger partial charge is 0.258 e. The van der Waals surface area contributed by atoms with Crippen molar-refractivity contribution in [3.63, 3.8) is 0 Å². The first-order valence-corrected chi connectivity index (χ1v) is 7.42. The lowest BCUT2D eigenvalue weighted by molar-refractivity contribution is -0.114. The van der Waals surface area contributed by atoms with Crippen LogP contribution in [0.25, 0.3) is 0 Å². The highest BCUT2D eigenvalue weighted by molar-refractivity contribution is 6.05. The topological polar surface area (TPSA) is 67.4 Å². The molecule has 0 aliphatic rings.